The zero-order chi connectivity index (χ0) is 8.97. The van der Waals surface area contributed by atoms with E-state index < -0.39 is 0 Å². The molecule has 1 heterocycles. The Balaban J connectivity index is 2.51. The molecule has 0 spiro atoms. The molecule has 1 atom stereocenters. The predicted octanol–water partition coefficient (Wildman–Crippen LogP) is 1.43. The molecule has 0 radical (unpaired) electrons. The summed E-state index contributed by atoms with van der Waals surface area (Å²) < 4.78 is 5.44. The minimum absolute atomic E-state index is 0.0613. The summed E-state index contributed by atoms with van der Waals surface area (Å²) in [6, 6.07) is 0. The van der Waals surface area contributed by atoms with Gasteiger partial charge in [-0.25, -0.2) is 5.01 Å². The number of amidine groups is 1. The molecule has 1 N–H and O–H groups in total. The van der Waals surface area contributed by atoms with Gasteiger partial charge in [0.25, 0.3) is 0 Å². The molecular formula is C8H15N3O. The predicted molar refractivity (Wildman–Crippen MR) is 48.4 cm³/mol. The van der Waals surface area contributed by atoms with Gasteiger partial charge in [0.05, 0.1) is 0 Å². The number of ether oxygens (including phenoxy) is 1. The van der Waals surface area contributed by atoms with Gasteiger partial charge in [-0.3, -0.25) is 5.41 Å². The fourth-order valence-electron chi connectivity index (χ4n) is 1.33. The first kappa shape index (κ1) is 9.19. The summed E-state index contributed by atoms with van der Waals surface area (Å²) in [6.07, 6.45) is 3.13. The molecular weight excluding hydrogens is 154 g/mol. The highest BCUT2D eigenvalue weighted by atomic mass is 16.5. The van der Waals surface area contributed by atoms with Gasteiger partial charge in [-0.2, -0.15) is 5.10 Å². The van der Waals surface area contributed by atoms with E-state index in [9.17, 15) is 0 Å². The monoisotopic (exact) mass is 169 g/mol. The van der Waals surface area contributed by atoms with Gasteiger partial charge >= 0.3 is 0 Å². The Kier molecular flexibility index (Phi) is 3.22. The number of hydrogen-bond acceptors (Lipinski definition) is 3. The van der Waals surface area contributed by atoms with E-state index in [0.717, 1.165) is 25.9 Å². The second-order valence-electron chi connectivity index (χ2n) is 2.89. The molecule has 4 heteroatoms. The third-order valence-electron chi connectivity index (χ3n) is 1.92. The van der Waals surface area contributed by atoms with Crippen molar-refractivity contribution in [2.75, 3.05) is 6.61 Å². The van der Waals surface area contributed by atoms with Crippen LogP contribution in [0.5, 0.6) is 0 Å². The quantitative estimate of drug-likeness (QED) is 0.386. The molecule has 0 aromatic carbocycles. The molecule has 68 valence electrons. The SMILES string of the molecule is C=NN(C(C)=N)C1CCCCO1. The first-order chi connectivity index (χ1) is 5.75. The molecule has 4 nitrogen and oxygen atoms in total. The topological polar surface area (TPSA) is 48.7 Å². The lowest BCUT2D eigenvalue weighted by molar-refractivity contribution is -0.0556. The van der Waals surface area contributed by atoms with Crippen LogP contribution in [0.15, 0.2) is 5.10 Å². The lowest BCUT2D eigenvalue weighted by Gasteiger charge is -2.30. The normalized spacial score (nSPS) is 23.2. The van der Waals surface area contributed by atoms with Crippen LogP contribution in [0.1, 0.15) is 26.2 Å². The Bertz CT molecular complexity index is 175. The molecule has 1 saturated heterocycles. The average molecular weight is 169 g/mol. The third-order valence-corrected chi connectivity index (χ3v) is 1.92. The van der Waals surface area contributed by atoms with Crippen LogP contribution in [0.4, 0.5) is 0 Å². The van der Waals surface area contributed by atoms with Crippen LogP contribution in [0.25, 0.3) is 0 Å². The van der Waals surface area contributed by atoms with E-state index in [2.05, 4.69) is 11.8 Å². The van der Waals surface area contributed by atoms with Gasteiger partial charge in [0.1, 0.15) is 5.84 Å². The van der Waals surface area contributed by atoms with Crippen LogP contribution in [0, 0.1) is 5.41 Å². The fraction of sp³-hybridized carbons (Fsp3) is 0.750. The molecule has 1 rings (SSSR count). The maximum Gasteiger partial charge on any atom is 0.152 e. The van der Waals surface area contributed by atoms with E-state index in [0.29, 0.717) is 5.84 Å². The second kappa shape index (κ2) is 4.21. The van der Waals surface area contributed by atoms with Crippen molar-refractivity contribution in [2.45, 2.75) is 32.4 Å². The van der Waals surface area contributed by atoms with E-state index in [1.54, 1.807) is 6.92 Å². The summed E-state index contributed by atoms with van der Waals surface area (Å²) in [5, 5.41) is 12.7. The van der Waals surface area contributed by atoms with Crippen LogP contribution in [-0.4, -0.2) is 30.4 Å². The smallest absolute Gasteiger partial charge is 0.152 e. The Morgan fingerprint density at radius 3 is 2.83 bits per heavy atom. The van der Waals surface area contributed by atoms with Crippen molar-refractivity contribution in [2.24, 2.45) is 5.10 Å². The van der Waals surface area contributed by atoms with E-state index in [-0.39, 0.29) is 6.23 Å². The van der Waals surface area contributed by atoms with Gasteiger partial charge in [-0.05, 0) is 26.2 Å². The van der Waals surface area contributed by atoms with Gasteiger partial charge in [-0.1, -0.05) is 0 Å². The first-order valence-electron chi connectivity index (χ1n) is 4.18. The van der Waals surface area contributed by atoms with Crippen molar-refractivity contribution in [3.63, 3.8) is 0 Å². The van der Waals surface area contributed by atoms with E-state index >= 15 is 0 Å². The second-order valence-corrected chi connectivity index (χ2v) is 2.89. The zero-order valence-corrected chi connectivity index (χ0v) is 7.42. The molecule has 0 bridgehead atoms. The molecule has 0 aromatic rings. The Hall–Kier alpha value is -0.900. The Labute approximate surface area is 72.7 Å². The molecule has 0 amide bonds. The van der Waals surface area contributed by atoms with Gasteiger partial charge in [-0.15, -0.1) is 0 Å². The van der Waals surface area contributed by atoms with Crippen molar-refractivity contribution in [1.29, 1.82) is 5.41 Å². The van der Waals surface area contributed by atoms with Crippen molar-refractivity contribution in [3.05, 3.63) is 0 Å². The van der Waals surface area contributed by atoms with Gasteiger partial charge in [0, 0.05) is 13.3 Å². The minimum atomic E-state index is -0.0613. The summed E-state index contributed by atoms with van der Waals surface area (Å²) in [5.74, 6) is 0.386. The number of hydrogen-bond donors (Lipinski definition) is 1. The van der Waals surface area contributed by atoms with Gasteiger partial charge in [0.2, 0.25) is 0 Å². The number of nitrogens with one attached hydrogen (secondary N) is 1. The summed E-state index contributed by atoms with van der Waals surface area (Å²) in [4.78, 5) is 0. The molecule has 1 unspecified atom stereocenters. The molecule has 0 aromatic heterocycles. The molecule has 1 aliphatic rings. The van der Waals surface area contributed by atoms with Crippen molar-refractivity contribution in [3.8, 4) is 0 Å². The largest absolute Gasteiger partial charge is 0.356 e. The maximum atomic E-state index is 7.40. The summed E-state index contributed by atoms with van der Waals surface area (Å²) >= 11 is 0. The van der Waals surface area contributed by atoms with E-state index in [1.165, 1.54) is 5.01 Å². The Morgan fingerprint density at radius 1 is 1.67 bits per heavy atom. The van der Waals surface area contributed by atoms with Crippen LogP contribution in [-0.2, 0) is 4.74 Å². The first-order valence-corrected chi connectivity index (χ1v) is 4.18. The van der Waals surface area contributed by atoms with Crippen LogP contribution in [0.3, 0.4) is 0 Å². The molecule has 0 saturated carbocycles. The number of hydrazone groups is 1. The number of nitrogens with zero attached hydrogens (tertiary/aromatic N) is 2. The van der Waals surface area contributed by atoms with Gasteiger partial charge in [0.15, 0.2) is 6.23 Å². The molecule has 1 aliphatic heterocycles. The summed E-state index contributed by atoms with van der Waals surface area (Å²) in [7, 11) is 0. The maximum absolute atomic E-state index is 7.40. The van der Waals surface area contributed by atoms with Crippen molar-refractivity contribution < 1.29 is 4.74 Å². The molecule has 12 heavy (non-hydrogen) atoms. The molecule has 1 fully saturated rings. The standard InChI is InChI=1S/C8H15N3O/c1-7(9)11(10-2)8-5-3-4-6-12-8/h8-9H,2-6H2,1H3. The summed E-state index contributed by atoms with van der Waals surface area (Å²) in [6.45, 7) is 5.87. The highest BCUT2D eigenvalue weighted by Crippen LogP contribution is 2.16. The molecule has 0 aliphatic carbocycles. The lowest BCUT2D eigenvalue weighted by Crippen LogP contribution is -2.38. The highest BCUT2D eigenvalue weighted by Gasteiger charge is 2.21. The van der Waals surface area contributed by atoms with Crippen LogP contribution in [0.2, 0.25) is 0 Å². The van der Waals surface area contributed by atoms with Crippen LogP contribution >= 0.6 is 0 Å². The Morgan fingerprint density at radius 2 is 2.42 bits per heavy atom. The third kappa shape index (κ3) is 2.04. The minimum Gasteiger partial charge on any atom is -0.356 e. The van der Waals surface area contributed by atoms with E-state index in [1.807, 2.05) is 0 Å². The summed E-state index contributed by atoms with van der Waals surface area (Å²) in [5.41, 5.74) is 0. The van der Waals surface area contributed by atoms with Crippen LogP contribution < -0.4 is 0 Å². The lowest BCUT2D eigenvalue weighted by atomic mass is 10.2. The fourth-order valence-corrected chi connectivity index (χ4v) is 1.33. The van der Waals surface area contributed by atoms with Gasteiger partial charge < -0.3 is 4.74 Å². The van der Waals surface area contributed by atoms with E-state index in [4.69, 9.17) is 10.1 Å². The average Bonchev–Trinajstić information content (AvgIpc) is 2.07. The zero-order valence-electron chi connectivity index (χ0n) is 7.42. The van der Waals surface area contributed by atoms with Crippen molar-refractivity contribution in [1.82, 2.24) is 5.01 Å². The number of rotatable bonds is 2. The highest BCUT2D eigenvalue weighted by molar-refractivity contribution is 5.76. The van der Waals surface area contributed by atoms with Crippen molar-refractivity contribution >= 4 is 12.6 Å².